The number of aromatic nitrogens is 1. The van der Waals surface area contributed by atoms with E-state index in [1.807, 2.05) is 51.4 Å². The largest absolute Gasteiger partial charge is 0.352 e. The summed E-state index contributed by atoms with van der Waals surface area (Å²) in [6.07, 6.45) is 2.52. The molecule has 5 heteroatoms. The average Bonchev–Trinajstić information content (AvgIpc) is 2.54. The highest BCUT2D eigenvalue weighted by atomic mass is 16.1. The van der Waals surface area contributed by atoms with Crippen LogP contribution in [0.2, 0.25) is 0 Å². The maximum atomic E-state index is 12.0. The number of nitrogens with zero attached hydrogens (tertiary/aromatic N) is 2. The molecule has 5 nitrogen and oxygen atoms in total. The first-order valence-electron chi connectivity index (χ1n) is 7.77. The molecule has 2 N–H and O–H groups in total. The first kappa shape index (κ1) is 17.0. The van der Waals surface area contributed by atoms with Crippen LogP contribution in [0.25, 0.3) is 0 Å². The smallest absolute Gasteiger partial charge is 0.252 e. The number of hydrogen-bond acceptors (Lipinski definition) is 4. The molecular weight excluding hydrogens is 288 g/mol. The lowest BCUT2D eigenvalue weighted by Crippen LogP contribution is -2.27. The van der Waals surface area contributed by atoms with Crippen molar-refractivity contribution in [3.05, 3.63) is 53.7 Å². The lowest BCUT2D eigenvalue weighted by atomic mass is 10.2. The summed E-state index contributed by atoms with van der Waals surface area (Å²) in [5, 5.41) is 6.12. The van der Waals surface area contributed by atoms with Gasteiger partial charge in [0.05, 0.1) is 5.56 Å². The van der Waals surface area contributed by atoms with Crippen molar-refractivity contribution in [1.82, 2.24) is 15.2 Å². The van der Waals surface area contributed by atoms with Gasteiger partial charge in [-0.3, -0.25) is 4.79 Å². The first-order chi connectivity index (χ1) is 11.0. The highest BCUT2D eigenvalue weighted by molar-refractivity contribution is 5.94. The molecule has 0 saturated heterocycles. The van der Waals surface area contributed by atoms with E-state index in [4.69, 9.17) is 0 Å². The standard InChI is InChI=1S/C18H24N4O/c1-14-5-8-16(9-6-14)21-17-10-7-15(13-20-17)18(23)19-11-4-12-22(2)3/h5-10,13H,4,11-12H2,1-3H3,(H,19,23)(H,20,21). The van der Waals surface area contributed by atoms with E-state index in [1.165, 1.54) is 5.56 Å². The number of benzene rings is 1. The van der Waals surface area contributed by atoms with Crippen LogP contribution in [-0.2, 0) is 0 Å². The highest BCUT2D eigenvalue weighted by Gasteiger charge is 2.05. The summed E-state index contributed by atoms with van der Waals surface area (Å²) in [5.74, 6) is 0.635. The summed E-state index contributed by atoms with van der Waals surface area (Å²) < 4.78 is 0. The van der Waals surface area contributed by atoms with Gasteiger partial charge in [-0.05, 0) is 58.3 Å². The third kappa shape index (κ3) is 5.71. The van der Waals surface area contributed by atoms with Gasteiger partial charge in [-0.25, -0.2) is 4.98 Å². The quantitative estimate of drug-likeness (QED) is 0.772. The molecule has 0 fully saturated rings. The van der Waals surface area contributed by atoms with Gasteiger partial charge >= 0.3 is 0 Å². The van der Waals surface area contributed by atoms with Gasteiger partial charge in [0.1, 0.15) is 5.82 Å². The molecule has 0 atom stereocenters. The van der Waals surface area contributed by atoms with Crippen LogP contribution in [0, 0.1) is 6.92 Å². The molecule has 0 aliphatic rings. The number of anilines is 2. The topological polar surface area (TPSA) is 57.3 Å². The maximum Gasteiger partial charge on any atom is 0.252 e. The van der Waals surface area contributed by atoms with Crippen molar-refractivity contribution in [1.29, 1.82) is 0 Å². The summed E-state index contributed by atoms with van der Waals surface area (Å²) in [6.45, 7) is 3.67. The van der Waals surface area contributed by atoms with Crippen LogP contribution in [-0.4, -0.2) is 43.0 Å². The van der Waals surface area contributed by atoms with Crippen LogP contribution in [0.5, 0.6) is 0 Å². The van der Waals surface area contributed by atoms with Gasteiger partial charge in [-0.1, -0.05) is 17.7 Å². The third-order valence-electron chi connectivity index (χ3n) is 3.42. The Hall–Kier alpha value is -2.40. The second kappa shape index (κ2) is 8.29. The first-order valence-corrected chi connectivity index (χ1v) is 7.77. The van der Waals surface area contributed by atoms with E-state index in [0.29, 0.717) is 12.1 Å². The Kier molecular flexibility index (Phi) is 6.11. The van der Waals surface area contributed by atoms with E-state index in [1.54, 1.807) is 12.3 Å². The minimum Gasteiger partial charge on any atom is -0.352 e. The number of nitrogens with one attached hydrogen (secondary N) is 2. The molecular formula is C18H24N4O. The number of carbonyl (C=O) groups excluding carboxylic acids is 1. The van der Waals surface area contributed by atoms with Crippen molar-refractivity contribution < 1.29 is 4.79 Å². The minimum absolute atomic E-state index is 0.0851. The molecule has 122 valence electrons. The number of aryl methyl sites for hydroxylation is 1. The van der Waals surface area contributed by atoms with Crippen LogP contribution >= 0.6 is 0 Å². The molecule has 1 amide bonds. The van der Waals surface area contributed by atoms with E-state index in [9.17, 15) is 4.79 Å². The Bertz CT molecular complexity index is 620. The van der Waals surface area contributed by atoms with Gasteiger partial charge in [0.25, 0.3) is 5.91 Å². The zero-order chi connectivity index (χ0) is 16.7. The van der Waals surface area contributed by atoms with Crippen LogP contribution in [0.15, 0.2) is 42.6 Å². The lowest BCUT2D eigenvalue weighted by molar-refractivity contribution is 0.0952. The van der Waals surface area contributed by atoms with Crippen molar-refractivity contribution in [3.63, 3.8) is 0 Å². The predicted molar refractivity (Wildman–Crippen MR) is 94.2 cm³/mol. The van der Waals surface area contributed by atoms with Crippen molar-refractivity contribution in [2.45, 2.75) is 13.3 Å². The molecule has 23 heavy (non-hydrogen) atoms. The molecule has 1 aromatic carbocycles. The van der Waals surface area contributed by atoms with Gasteiger partial charge in [0, 0.05) is 18.4 Å². The molecule has 0 aliphatic heterocycles. The number of amides is 1. The summed E-state index contributed by atoms with van der Waals surface area (Å²) in [4.78, 5) is 18.4. The highest BCUT2D eigenvalue weighted by Crippen LogP contribution is 2.15. The molecule has 0 bridgehead atoms. The average molecular weight is 312 g/mol. The van der Waals surface area contributed by atoms with E-state index in [0.717, 1.165) is 24.5 Å². The normalized spacial score (nSPS) is 10.6. The lowest BCUT2D eigenvalue weighted by Gasteiger charge is -2.10. The molecule has 2 aromatic rings. The summed E-state index contributed by atoms with van der Waals surface area (Å²) in [6, 6.07) is 11.7. The van der Waals surface area contributed by atoms with Crippen molar-refractivity contribution in [3.8, 4) is 0 Å². The molecule has 0 spiro atoms. The number of pyridine rings is 1. The van der Waals surface area contributed by atoms with Crippen LogP contribution in [0.3, 0.4) is 0 Å². The zero-order valence-electron chi connectivity index (χ0n) is 14.0. The maximum absolute atomic E-state index is 12.0. The number of hydrogen-bond donors (Lipinski definition) is 2. The van der Waals surface area contributed by atoms with Crippen LogP contribution in [0.4, 0.5) is 11.5 Å². The van der Waals surface area contributed by atoms with Gasteiger partial charge in [-0.2, -0.15) is 0 Å². The minimum atomic E-state index is -0.0851. The summed E-state index contributed by atoms with van der Waals surface area (Å²) in [7, 11) is 4.04. The van der Waals surface area contributed by atoms with E-state index >= 15 is 0 Å². The van der Waals surface area contributed by atoms with Crippen molar-refractivity contribution in [2.75, 3.05) is 32.5 Å². The Labute approximate surface area is 137 Å². The fourth-order valence-corrected chi connectivity index (χ4v) is 2.09. The predicted octanol–water partition coefficient (Wildman–Crippen LogP) is 2.82. The molecule has 1 aromatic heterocycles. The molecule has 0 radical (unpaired) electrons. The fraction of sp³-hybridized carbons (Fsp3) is 0.333. The molecule has 0 unspecified atom stereocenters. The van der Waals surface area contributed by atoms with Gasteiger partial charge in [-0.15, -0.1) is 0 Å². The van der Waals surface area contributed by atoms with Crippen LogP contribution in [0.1, 0.15) is 22.3 Å². The van der Waals surface area contributed by atoms with Gasteiger partial charge in [0.15, 0.2) is 0 Å². The summed E-state index contributed by atoms with van der Waals surface area (Å²) >= 11 is 0. The molecule has 1 heterocycles. The van der Waals surface area contributed by atoms with E-state index in [-0.39, 0.29) is 5.91 Å². The number of carbonyl (C=O) groups is 1. The third-order valence-corrected chi connectivity index (χ3v) is 3.42. The van der Waals surface area contributed by atoms with Crippen molar-refractivity contribution in [2.24, 2.45) is 0 Å². The van der Waals surface area contributed by atoms with Crippen LogP contribution < -0.4 is 10.6 Å². The Morgan fingerprint density at radius 3 is 2.48 bits per heavy atom. The fourth-order valence-electron chi connectivity index (χ4n) is 2.09. The number of rotatable bonds is 7. The molecule has 0 saturated carbocycles. The Morgan fingerprint density at radius 1 is 1.13 bits per heavy atom. The second-order valence-electron chi connectivity index (χ2n) is 5.84. The summed E-state index contributed by atoms with van der Waals surface area (Å²) in [5.41, 5.74) is 2.76. The SMILES string of the molecule is Cc1ccc(Nc2ccc(C(=O)NCCCN(C)C)cn2)cc1. The van der Waals surface area contributed by atoms with E-state index < -0.39 is 0 Å². The Balaban J connectivity index is 1.86. The monoisotopic (exact) mass is 312 g/mol. The van der Waals surface area contributed by atoms with Crippen molar-refractivity contribution >= 4 is 17.4 Å². The molecule has 2 rings (SSSR count). The van der Waals surface area contributed by atoms with Gasteiger partial charge in [0.2, 0.25) is 0 Å². The second-order valence-corrected chi connectivity index (χ2v) is 5.84. The van der Waals surface area contributed by atoms with Gasteiger partial charge < -0.3 is 15.5 Å². The van der Waals surface area contributed by atoms with E-state index in [2.05, 4.69) is 20.5 Å². The molecule has 0 aliphatic carbocycles. The zero-order valence-corrected chi connectivity index (χ0v) is 14.0. The Morgan fingerprint density at radius 2 is 1.87 bits per heavy atom.